The summed E-state index contributed by atoms with van der Waals surface area (Å²) in [6.45, 7) is 0. The zero-order valence-corrected chi connectivity index (χ0v) is 15.6. The van der Waals surface area contributed by atoms with E-state index in [0.717, 1.165) is 26.5 Å². The summed E-state index contributed by atoms with van der Waals surface area (Å²) in [5.41, 5.74) is 1.67. The third-order valence-electron chi connectivity index (χ3n) is 3.03. The molecule has 0 radical (unpaired) electrons. The molecule has 0 fully saturated rings. The molecule has 3 aromatic rings. The average Bonchev–Trinajstić information content (AvgIpc) is 3.09. The summed E-state index contributed by atoms with van der Waals surface area (Å²) in [6, 6.07) is 13.4. The largest absolute Gasteiger partial charge is 0.438 e. The minimum absolute atomic E-state index is 0.541. The topological polar surface area (TPSA) is 47.4 Å². The molecule has 4 nitrogen and oxygen atoms in total. The van der Waals surface area contributed by atoms with Gasteiger partial charge < -0.3 is 4.74 Å². The second kappa shape index (κ2) is 8.32. The Labute approximate surface area is 153 Å². The van der Waals surface area contributed by atoms with Crippen LogP contribution in [0.4, 0.5) is 5.13 Å². The van der Waals surface area contributed by atoms with Crippen LogP contribution >= 0.6 is 34.9 Å². The van der Waals surface area contributed by atoms with Crippen LogP contribution in [-0.4, -0.2) is 26.9 Å². The van der Waals surface area contributed by atoms with E-state index in [9.17, 15) is 0 Å². The van der Waals surface area contributed by atoms with Crippen LogP contribution in [0.15, 0.2) is 59.0 Å². The van der Waals surface area contributed by atoms with Crippen molar-refractivity contribution in [1.82, 2.24) is 9.97 Å². The maximum absolute atomic E-state index is 5.91. The fourth-order valence-corrected chi connectivity index (χ4v) is 3.79. The molecule has 3 rings (SSSR count). The third-order valence-corrected chi connectivity index (χ3v) is 5.65. The fourth-order valence-electron chi connectivity index (χ4n) is 1.96. The van der Waals surface area contributed by atoms with Gasteiger partial charge in [0.15, 0.2) is 0 Å². The first kappa shape index (κ1) is 17.0. The Morgan fingerprint density at radius 1 is 1.08 bits per heavy atom. The molecule has 0 amide bonds. The van der Waals surface area contributed by atoms with Gasteiger partial charge in [-0.15, -0.1) is 34.9 Å². The van der Waals surface area contributed by atoms with Crippen LogP contribution in [0.3, 0.4) is 0 Å². The first-order valence-corrected chi connectivity index (χ1v) is 10.4. The highest BCUT2D eigenvalue weighted by molar-refractivity contribution is 8.38. The van der Waals surface area contributed by atoms with Crippen LogP contribution in [0.5, 0.6) is 11.6 Å². The summed E-state index contributed by atoms with van der Waals surface area (Å²) in [5.74, 6) is 1.29. The van der Waals surface area contributed by atoms with Crippen molar-refractivity contribution >= 4 is 44.4 Å². The number of benzene rings is 1. The van der Waals surface area contributed by atoms with Gasteiger partial charge in [-0.1, -0.05) is 18.2 Å². The highest BCUT2D eigenvalue weighted by Gasteiger charge is 2.12. The molecule has 0 atom stereocenters. The van der Waals surface area contributed by atoms with Crippen molar-refractivity contribution in [3.05, 3.63) is 54.0 Å². The van der Waals surface area contributed by atoms with E-state index in [1.165, 1.54) is 11.3 Å². The lowest BCUT2D eigenvalue weighted by atomic mass is 10.2. The number of pyridine rings is 1. The van der Waals surface area contributed by atoms with E-state index in [4.69, 9.17) is 4.74 Å². The molecular weight excluding hydrogens is 358 g/mol. The molecule has 0 bridgehead atoms. The molecule has 0 saturated heterocycles. The van der Waals surface area contributed by atoms with Crippen LogP contribution in [0, 0.1) is 0 Å². The van der Waals surface area contributed by atoms with Crippen LogP contribution in [0.25, 0.3) is 11.3 Å². The molecule has 2 heterocycles. The summed E-state index contributed by atoms with van der Waals surface area (Å²) in [6.07, 6.45) is 5.74. The number of ether oxygens (including phenoxy) is 1. The molecule has 24 heavy (non-hydrogen) atoms. The molecule has 0 aliphatic heterocycles. The Morgan fingerprint density at radius 2 is 1.88 bits per heavy atom. The Hall–Kier alpha value is -1.83. The zero-order valence-electron chi connectivity index (χ0n) is 13.2. The van der Waals surface area contributed by atoms with Gasteiger partial charge in [-0.25, -0.2) is 15.0 Å². The average molecular weight is 374 g/mol. The van der Waals surface area contributed by atoms with Crippen LogP contribution < -0.4 is 4.74 Å². The SMILES string of the molecule is CSC(=Nc1nc(-c2cccnc2Oc2ccccc2)cs1)SC. The van der Waals surface area contributed by atoms with Gasteiger partial charge in [-0.05, 0) is 36.8 Å². The van der Waals surface area contributed by atoms with Crippen molar-refractivity contribution in [3.63, 3.8) is 0 Å². The molecule has 1 aromatic carbocycles. The van der Waals surface area contributed by atoms with E-state index in [1.54, 1.807) is 29.7 Å². The number of hydrogen-bond acceptors (Lipinski definition) is 7. The summed E-state index contributed by atoms with van der Waals surface area (Å²) in [5, 5.41) is 2.71. The minimum atomic E-state index is 0.541. The summed E-state index contributed by atoms with van der Waals surface area (Å²) >= 11 is 4.74. The van der Waals surface area contributed by atoms with E-state index < -0.39 is 0 Å². The minimum Gasteiger partial charge on any atom is -0.438 e. The van der Waals surface area contributed by atoms with Crippen molar-refractivity contribution in [2.24, 2.45) is 4.99 Å². The third kappa shape index (κ3) is 4.17. The van der Waals surface area contributed by atoms with Crippen LogP contribution in [-0.2, 0) is 0 Å². The monoisotopic (exact) mass is 373 g/mol. The molecular formula is C17H15N3OS3. The van der Waals surface area contributed by atoms with Gasteiger partial charge >= 0.3 is 0 Å². The molecule has 0 aliphatic rings. The van der Waals surface area contributed by atoms with Gasteiger partial charge in [0.25, 0.3) is 0 Å². The van der Waals surface area contributed by atoms with E-state index in [0.29, 0.717) is 5.88 Å². The molecule has 122 valence electrons. The summed E-state index contributed by atoms with van der Waals surface area (Å²) in [7, 11) is 0. The molecule has 0 N–H and O–H groups in total. The lowest BCUT2D eigenvalue weighted by Gasteiger charge is -2.07. The Morgan fingerprint density at radius 3 is 2.62 bits per heavy atom. The van der Waals surface area contributed by atoms with Gasteiger partial charge in [-0.2, -0.15) is 0 Å². The fraction of sp³-hybridized carbons (Fsp3) is 0.118. The highest BCUT2D eigenvalue weighted by Crippen LogP contribution is 2.34. The predicted octanol–water partition coefficient (Wildman–Crippen LogP) is 5.71. The van der Waals surface area contributed by atoms with Crippen molar-refractivity contribution < 1.29 is 4.74 Å². The summed E-state index contributed by atoms with van der Waals surface area (Å²) < 4.78 is 6.89. The number of nitrogens with zero attached hydrogens (tertiary/aromatic N) is 3. The first-order valence-electron chi connectivity index (χ1n) is 7.10. The van der Waals surface area contributed by atoms with E-state index >= 15 is 0 Å². The van der Waals surface area contributed by atoms with E-state index in [2.05, 4.69) is 15.0 Å². The number of hydrogen-bond donors (Lipinski definition) is 0. The van der Waals surface area contributed by atoms with E-state index in [1.807, 2.05) is 60.4 Å². The predicted molar refractivity (Wildman–Crippen MR) is 106 cm³/mol. The number of thiazole rings is 1. The Bertz CT molecular complexity index is 828. The number of thioether (sulfide) groups is 2. The lowest BCUT2D eigenvalue weighted by molar-refractivity contribution is 0.465. The Balaban J connectivity index is 1.90. The second-order valence-corrected chi connectivity index (χ2v) is 7.26. The summed E-state index contributed by atoms with van der Waals surface area (Å²) in [4.78, 5) is 13.5. The molecule has 2 aromatic heterocycles. The van der Waals surface area contributed by atoms with Crippen molar-refractivity contribution in [1.29, 1.82) is 0 Å². The molecule has 0 aliphatic carbocycles. The normalized spacial score (nSPS) is 10.4. The number of para-hydroxylation sites is 1. The van der Waals surface area contributed by atoms with Gasteiger partial charge in [0, 0.05) is 11.6 Å². The van der Waals surface area contributed by atoms with Gasteiger partial charge in [0.2, 0.25) is 11.0 Å². The van der Waals surface area contributed by atoms with Gasteiger partial charge in [0.05, 0.1) is 11.3 Å². The smallest absolute Gasteiger partial charge is 0.228 e. The standard InChI is InChI=1S/C17H15N3OS3/c1-22-17(23-2)20-16-19-14(11-24-16)13-9-6-10-18-15(13)21-12-7-4-3-5-8-12/h3-11H,1-2H3. The Kier molecular flexibility index (Phi) is 5.90. The highest BCUT2D eigenvalue weighted by atomic mass is 32.2. The maximum atomic E-state index is 5.91. The first-order chi connectivity index (χ1) is 11.8. The number of aromatic nitrogens is 2. The number of aliphatic imine (C=N–C) groups is 1. The van der Waals surface area contributed by atoms with Crippen molar-refractivity contribution in [2.75, 3.05) is 12.5 Å². The molecule has 0 unspecified atom stereocenters. The quantitative estimate of drug-likeness (QED) is 0.433. The second-order valence-electron chi connectivity index (χ2n) is 4.57. The van der Waals surface area contributed by atoms with E-state index in [-0.39, 0.29) is 0 Å². The van der Waals surface area contributed by atoms with Gasteiger partial charge in [0.1, 0.15) is 10.1 Å². The molecule has 7 heteroatoms. The van der Waals surface area contributed by atoms with Crippen molar-refractivity contribution in [2.45, 2.75) is 0 Å². The molecule has 0 saturated carbocycles. The number of rotatable bonds is 4. The zero-order chi connectivity index (χ0) is 16.8. The molecule has 0 spiro atoms. The van der Waals surface area contributed by atoms with Gasteiger partial charge in [-0.3, -0.25) is 0 Å². The van der Waals surface area contributed by atoms with Crippen LogP contribution in [0.1, 0.15) is 0 Å². The maximum Gasteiger partial charge on any atom is 0.228 e. The van der Waals surface area contributed by atoms with Crippen molar-refractivity contribution in [3.8, 4) is 22.9 Å². The lowest BCUT2D eigenvalue weighted by Crippen LogP contribution is -1.91. The van der Waals surface area contributed by atoms with Crippen LogP contribution in [0.2, 0.25) is 0 Å².